The molecule has 0 aromatic carbocycles. The monoisotopic (exact) mass is 255 g/mol. The quantitative estimate of drug-likeness (QED) is 0.763. The Bertz CT molecular complexity index is 420. The van der Waals surface area contributed by atoms with Crippen LogP contribution < -0.4 is 10.2 Å². The molecule has 0 bridgehead atoms. The highest BCUT2D eigenvalue weighted by Gasteiger charge is 2.23. The van der Waals surface area contributed by atoms with E-state index in [1.807, 2.05) is 4.90 Å². The van der Waals surface area contributed by atoms with Crippen molar-refractivity contribution in [3.8, 4) is 0 Å². The van der Waals surface area contributed by atoms with Crippen molar-refractivity contribution in [3.05, 3.63) is 10.6 Å². The molecule has 92 valence electrons. The Morgan fingerprint density at radius 3 is 2.53 bits per heavy atom. The number of thiazole rings is 1. The van der Waals surface area contributed by atoms with Gasteiger partial charge in [0, 0.05) is 33.1 Å². The molecule has 0 atom stereocenters. The number of piperazine rings is 1. The lowest BCUT2D eigenvalue weighted by Gasteiger charge is -2.26. The van der Waals surface area contributed by atoms with Crippen LogP contribution in [0, 0.1) is 0 Å². The van der Waals surface area contributed by atoms with Gasteiger partial charge in [0.2, 0.25) is 0 Å². The van der Waals surface area contributed by atoms with Crippen LogP contribution in [0.4, 0.5) is 5.13 Å². The summed E-state index contributed by atoms with van der Waals surface area (Å²) in [6.45, 7) is 4.62. The van der Waals surface area contributed by atoms with E-state index < -0.39 is 5.97 Å². The number of anilines is 1. The van der Waals surface area contributed by atoms with Crippen molar-refractivity contribution in [1.29, 1.82) is 0 Å². The van der Waals surface area contributed by atoms with Crippen LogP contribution in [0.1, 0.15) is 27.1 Å². The van der Waals surface area contributed by atoms with E-state index in [0.29, 0.717) is 5.13 Å². The predicted molar refractivity (Wildman–Crippen MR) is 64.2 cm³/mol. The van der Waals surface area contributed by atoms with Crippen LogP contribution in [0.15, 0.2) is 0 Å². The number of Topliss-reactive ketones (excluding diaryl/α,β-unsaturated/α-hetero) is 1. The standard InChI is InChI=1S/C10H13N3O3S/c1-6(14)8-7(9(15)16)12-10(17-8)13-4-2-11-3-5-13/h11H,2-5H2,1H3,(H,15,16). The van der Waals surface area contributed by atoms with Gasteiger partial charge in [-0.15, -0.1) is 0 Å². The zero-order valence-corrected chi connectivity index (χ0v) is 10.2. The lowest BCUT2D eigenvalue weighted by Crippen LogP contribution is -2.43. The van der Waals surface area contributed by atoms with Crippen molar-refractivity contribution in [3.63, 3.8) is 0 Å². The van der Waals surface area contributed by atoms with E-state index in [-0.39, 0.29) is 16.4 Å². The van der Waals surface area contributed by atoms with E-state index in [9.17, 15) is 9.59 Å². The smallest absolute Gasteiger partial charge is 0.356 e. The molecule has 0 amide bonds. The zero-order chi connectivity index (χ0) is 12.4. The molecule has 1 aliphatic rings. The summed E-state index contributed by atoms with van der Waals surface area (Å²) in [6, 6.07) is 0. The third-order valence-corrected chi connectivity index (χ3v) is 3.74. The molecule has 2 rings (SSSR count). The molecule has 2 heterocycles. The Labute approximate surface area is 102 Å². The zero-order valence-electron chi connectivity index (χ0n) is 9.39. The first-order valence-electron chi connectivity index (χ1n) is 5.30. The van der Waals surface area contributed by atoms with E-state index in [1.165, 1.54) is 6.92 Å². The average molecular weight is 255 g/mol. The summed E-state index contributed by atoms with van der Waals surface area (Å²) in [5, 5.41) is 12.8. The number of carboxylic acid groups (broad SMARTS) is 1. The van der Waals surface area contributed by atoms with Gasteiger partial charge in [0.1, 0.15) is 4.88 Å². The van der Waals surface area contributed by atoms with Gasteiger partial charge in [0.25, 0.3) is 0 Å². The minimum atomic E-state index is -1.15. The average Bonchev–Trinajstić information content (AvgIpc) is 2.75. The first kappa shape index (κ1) is 12.0. The van der Waals surface area contributed by atoms with Crippen molar-refractivity contribution < 1.29 is 14.7 Å². The van der Waals surface area contributed by atoms with Crippen molar-refractivity contribution in [2.24, 2.45) is 0 Å². The summed E-state index contributed by atoms with van der Waals surface area (Å²) in [5.41, 5.74) is -0.129. The molecular formula is C10H13N3O3S. The maximum Gasteiger partial charge on any atom is 0.356 e. The molecule has 0 unspecified atom stereocenters. The number of carbonyl (C=O) groups is 2. The number of nitrogens with one attached hydrogen (secondary N) is 1. The van der Waals surface area contributed by atoms with E-state index in [0.717, 1.165) is 37.5 Å². The molecule has 1 aromatic heterocycles. The first-order valence-corrected chi connectivity index (χ1v) is 6.12. The fraction of sp³-hybridized carbons (Fsp3) is 0.500. The molecule has 2 N–H and O–H groups in total. The number of hydrogen-bond donors (Lipinski definition) is 2. The van der Waals surface area contributed by atoms with Crippen molar-refractivity contribution in [1.82, 2.24) is 10.3 Å². The molecule has 1 aromatic rings. The Morgan fingerprint density at radius 2 is 2.06 bits per heavy atom. The van der Waals surface area contributed by atoms with Crippen LogP contribution in [0.2, 0.25) is 0 Å². The van der Waals surface area contributed by atoms with E-state index in [4.69, 9.17) is 5.11 Å². The summed E-state index contributed by atoms with van der Waals surface area (Å²) in [4.78, 5) is 28.6. The number of carbonyl (C=O) groups excluding carboxylic acids is 1. The largest absolute Gasteiger partial charge is 0.476 e. The number of carboxylic acids is 1. The number of hydrogen-bond acceptors (Lipinski definition) is 6. The topological polar surface area (TPSA) is 82.5 Å². The molecule has 1 fully saturated rings. The SMILES string of the molecule is CC(=O)c1sc(N2CCNCC2)nc1C(=O)O. The highest BCUT2D eigenvalue weighted by molar-refractivity contribution is 7.17. The van der Waals surface area contributed by atoms with Crippen LogP contribution in [0.3, 0.4) is 0 Å². The van der Waals surface area contributed by atoms with E-state index in [2.05, 4.69) is 10.3 Å². The second kappa shape index (κ2) is 4.80. The van der Waals surface area contributed by atoms with Crippen molar-refractivity contribution in [2.45, 2.75) is 6.92 Å². The van der Waals surface area contributed by atoms with Crippen LogP contribution >= 0.6 is 11.3 Å². The number of nitrogens with zero attached hydrogens (tertiary/aromatic N) is 2. The molecule has 6 nitrogen and oxygen atoms in total. The third kappa shape index (κ3) is 2.45. The highest BCUT2D eigenvalue weighted by Crippen LogP contribution is 2.27. The van der Waals surface area contributed by atoms with Gasteiger partial charge in [-0.25, -0.2) is 9.78 Å². The predicted octanol–water partition coefficient (Wildman–Crippen LogP) is 0.453. The molecule has 1 aliphatic heterocycles. The lowest BCUT2D eigenvalue weighted by atomic mass is 10.3. The molecule has 0 aliphatic carbocycles. The molecule has 1 saturated heterocycles. The van der Waals surface area contributed by atoms with Gasteiger partial charge in [-0.3, -0.25) is 4.79 Å². The Hall–Kier alpha value is -1.47. The molecule has 7 heteroatoms. The Morgan fingerprint density at radius 1 is 1.41 bits per heavy atom. The third-order valence-electron chi connectivity index (χ3n) is 2.53. The number of rotatable bonds is 3. The number of aromatic nitrogens is 1. The molecule has 17 heavy (non-hydrogen) atoms. The minimum absolute atomic E-state index is 0.129. The summed E-state index contributed by atoms with van der Waals surface area (Å²) in [6.07, 6.45) is 0. The van der Waals surface area contributed by atoms with Crippen molar-refractivity contribution >= 4 is 28.2 Å². The molecule has 0 saturated carbocycles. The summed E-state index contributed by atoms with van der Waals surface area (Å²) in [5.74, 6) is -1.39. The normalized spacial score (nSPS) is 15.9. The second-order valence-corrected chi connectivity index (χ2v) is 4.75. The van der Waals surface area contributed by atoms with Gasteiger partial charge >= 0.3 is 5.97 Å². The first-order chi connectivity index (χ1) is 8.09. The fourth-order valence-electron chi connectivity index (χ4n) is 1.68. The number of ketones is 1. The Balaban J connectivity index is 2.32. The van der Waals surface area contributed by atoms with E-state index in [1.54, 1.807) is 0 Å². The van der Waals surface area contributed by atoms with Gasteiger partial charge in [-0.1, -0.05) is 11.3 Å². The highest BCUT2D eigenvalue weighted by atomic mass is 32.1. The van der Waals surface area contributed by atoms with Crippen LogP contribution in [-0.4, -0.2) is 48.0 Å². The maximum atomic E-state index is 11.3. The Kier molecular flexibility index (Phi) is 3.39. The summed E-state index contributed by atoms with van der Waals surface area (Å²) < 4.78 is 0. The fourth-order valence-corrected chi connectivity index (χ4v) is 2.69. The summed E-state index contributed by atoms with van der Waals surface area (Å²) >= 11 is 1.16. The van der Waals surface area contributed by atoms with E-state index >= 15 is 0 Å². The number of aromatic carboxylic acids is 1. The van der Waals surface area contributed by atoms with Crippen molar-refractivity contribution in [2.75, 3.05) is 31.1 Å². The molecule has 0 spiro atoms. The molecule has 0 radical (unpaired) electrons. The second-order valence-electron chi connectivity index (χ2n) is 3.77. The maximum absolute atomic E-state index is 11.3. The van der Waals surface area contributed by atoms with Gasteiger partial charge in [0.15, 0.2) is 16.6 Å². The van der Waals surface area contributed by atoms with Gasteiger partial charge < -0.3 is 15.3 Å². The molecular weight excluding hydrogens is 242 g/mol. The van der Waals surface area contributed by atoms with Crippen LogP contribution in [-0.2, 0) is 0 Å². The van der Waals surface area contributed by atoms with Crippen LogP contribution in [0.5, 0.6) is 0 Å². The van der Waals surface area contributed by atoms with Gasteiger partial charge in [-0.05, 0) is 0 Å². The van der Waals surface area contributed by atoms with Gasteiger partial charge in [-0.2, -0.15) is 0 Å². The lowest BCUT2D eigenvalue weighted by molar-refractivity contribution is 0.0687. The summed E-state index contributed by atoms with van der Waals surface area (Å²) in [7, 11) is 0. The van der Waals surface area contributed by atoms with Crippen LogP contribution in [0.25, 0.3) is 0 Å². The minimum Gasteiger partial charge on any atom is -0.476 e. The van der Waals surface area contributed by atoms with Gasteiger partial charge in [0.05, 0.1) is 0 Å².